The van der Waals surface area contributed by atoms with Gasteiger partial charge < -0.3 is 5.32 Å². The van der Waals surface area contributed by atoms with E-state index in [1.807, 2.05) is 31.2 Å². The van der Waals surface area contributed by atoms with Crippen LogP contribution in [-0.2, 0) is 17.6 Å². The first-order valence-corrected chi connectivity index (χ1v) is 7.61. The Bertz CT molecular complexity index is 612. The lowest BCUT2D eigenvalue weighted by molar-refractivity contribution is -0.121. The molecule has 2 aromatic carbocycles. The van der Waals surface area contributed by atoms with Crippen LogP contribution in [0.1, 0.15) is 18.1 Å². The van der Waals surface area contributed by atoms with E-state index in [-0.39, 0.29) is 24.2 Å². The van der Waals surface area contributed by atoms with Gasteiger partial charge in [-0.15, -0.1) is 0 Å². The van der Waals surface area contributed by atoms with Crippen molar-refractivity contribution < 1.29 is 9.18 Å². The fraction of sp³-hybridized carbons (Fsp3) is 0.235. The molecule has 0 aliphatic heterocycles. The largest absolute Gasteiger partial charge is 0.353 e. The highest BCUT2D eigenvalue weighted by molar-refractivity contribution is 9.10. The number of benzene rings is 2. The predicted octanol–water partition coefficient (Wildman–Crippen LogP) is 3.88. The van der Waals surface area contributed by atoms with Crippen LogP contribution in [0.15, 0.2) is 53.0 Å². The molecule has 21 heavy (non-hydrogen) atoms. The summed E-state index contributed by atoms with van der Waals surface area (Å²) in [6, 6.07) is 14.3. The first kappa shape index (κ1) is 15.7. The SMILES string of the molecule is C[C@H](Cc1ccc(Br)cc1)NC(=O)Cc1ccccc1F. The Hall–Kier alpha value is -1.68. The highest BCUT2D eigenvalue weighted by atomic mass is 79.9. The Balaban J connectivity index is 1.87. The second kappa shape index (κ2) is 7.36. The molecule has 0 radical (unpaired) electrons. The quantitative estimate of drug-likeness (QED) is 0.871. The van der Waals surface area contributed by atoms with Gasteiger partial charge in [0.2, 0.25) is 5.91 Å². The maximum absolute atomic E-state index is 13.5. The highest BCUT2D eigenvalue weighted by Gasteiger charge is 2.11. The number of hydrogen-bond donors (Lipinski definition) is 1. The molecule has 0 saturated heterocycles. The van der Waals surface area contributed by atoms with Crippen LogP contribution in [0.5, 0.6) is 0 Å². The molecule has 2 aromatic rings. The van der Waals surface area contributed by atoms with E-state index >= 15 is 0 Å². The van der Waals surface area contributed by atoms with E-state index in [4.69, 9.17) is 0 Å². The lowest BCUT2D eigenvalue weighted by Crippen LogP contribution is -2.35. The summed E-state index contributed by atoms with van der Waals surface area (Å²) in [4.78, 5) is 11.9. The number of halogens is 2. The Morgan fingerprint density at radius 1 is 1.19 bits per heavy atom. The van der Waals surface area contributed by atoms with Crippen molar-refractivity contribution in [1.82, 2.24) is 5.32 Å². The van der Waals surface area contributed by atoms with Crippen LogP contribution in [-0.4, -0.2) is 11.9 Å². The van der Waals surface area contributed by atoms with Gasteiger partial charge in [0.25, 0.3) is 0 Å². The molecule has 0 bridgehead atoms. The van der Waals surface area contributed by atoms with Crippen LogP contribution in [0.3, 0.4) is 0 Å². The monoisotopic (exact) mass is 349 g/mol. The van der Waals surface area contributed by atoms with E-state index in [2.05, 4.69) is 21.2 Å². The minimum Gasteiger partial charge on any atom is -0.353 e. The fourth-order valence-electron chi connectivity index (χ4n) is 2.17. The number of carbonyl (C=O) groups excluding carboxylic acids is 1. The average Bonchev–Trinajstić information content (AvgIpc) is 2.44. The Morgan fingerprint density at radius 2 is 1.86 bits per heavy atom. The van der Waals surface area contributed by atoms with Crippen molar-refractivity contribution in [3.63, 3.8) is 0 Å². The molecule has 0 aliphatic carbocycles. The summed E-state index contributed by atoms with van der Waals surface area (Å²) in [5.41, 5.74) is 1.57. The zero-order valence-electron chi connectivity index (χ0n) is 11.8. The van der Waals surface area contributed by atoms with Gasteiger partial charge >= 0.3 is 0 Å². The molecule has 1 N–H and O–H groups in total. The van der Waals surface area contributed by atoms with Gasteiger partial charge in [-0.1, -0.05) is 46.3 Å². The molecule has 110 valence electrons. The van der Waals surface area contributed by atoms with E-state index in [9.17, 15) is 9.18 Å². The Kier molecular flexibility index (Phi) is 5.51. The van der Waals surface area contributed by atoms with Crippen LogP contribution >= 0.6 is 15.9 Å². The van der Waals surface area contributed by atoms with E-state index in [0.29, 0.717) is 5.56 Å². The summed E-state index contributed by atoms with van der Waals surface area (Å²) in [6.45, 7) is 1.95. The molecule has 0 unspecified atom stereocenters. The summed E-state index contributed by atoms with van der Waals surface area (Å²) in [6.07, 6.45) is 0.813. The third-order valence-electron chi connectivity index (χ3n) is 3.17. The third kappa shape index (κ3) is 4.97. The first-order valence-electron chi connectivity index (χ1n) is 6.82. The molecule has 2 rings (SSSR count). The van der Waals surface area contributed by atoms with Crippen molar-refractivity contribution in [2.75, 3.05) is 0 Å². The van der Waals surface area contributed by atoms with Crippen molar-refractivity contribution in [3.05, 3.63) is 69.9 Å². The van der Waals surface area contributed by atoms with Gasteiger partial charge in [0.05, 0.1) is 6.42 Å². The van der Waals surface area contributed by atoms with Crippen molar-refractivity contribution in [1.29, 1.82) is 0 Å². The summed E-state index contributed by atoms with van der Waals surface area (Å²) >= 11 is 3.39. The van der Waals surface area contributed by atoms with Crippen molar-refractivity contribution in [2.45, 2.75) is 25.8 Å². The molecule has 0 aliphatic rings. The minimum atomic E-state index is -0.340. The predicted molar refractivity (Wildman–Crippen MR) is 85.6 cm³/mol. The first-order chi connectivity index (χ1) is 10.0. The molecule has 4 heteroatoms. The maximum atomic E-state index is 13.5. The van der Waals surface area contributed by atoms with Crippen molar-refractivity contribution in [3.8, 4) is 0 Å². The van der Waals surface area contributed by atoms with Gasteiger partial charge in [-0.25, -0.2) is 4.39 Å². The summed E-state index contributed by atoms with van der Waals surface area (Å²) in [7, 11) is 0. The molecule has 0 heterocycles. The normalized spacial score (nSPS) is 12.0. The minimum absolute atomic E-state index is 0.00505. The maximum Gasteiger partial charge on any atom is 0.224 e. The zero-order chi connectivity index (χ0) is 15.2. The lowest BCUT2D eigenvalue weighted by atomic mass is 10.1. The smallest absolute Gasteiger partial charge is 0.224 e. The molecule has 1 amide bonds. The number of rotatable bonds is 5. The zero-order valence-corrected chi connectivity index (χ0v) is 13.4. The highest BCUT2D eigenvalue weighted by Crippen LogP contribution is 2.12. The third-order valence-corrected chi connectivity index (χ3v) is 3.70. The summed E-state index contributed by atoms with van der Waals surface area (Å²) < 4.78 is 14.5. The number of carbonyl (C=O) groups is 1. The standard InChI is InChI=1S/C17H17BrFNO/c1-12(10-13-6-8-15(18)9-7-13)20-17(21)11-14-4-2-3-5-16(14)19/h2-9,12H,10-11H2,1H3,(H,20,21)/t12-/m1/s1. The van der Waals surface area contributed by atoms with Gasteiger partial charge in [-0.2, -0.15) is 0 Å². The van der Waals surface area contributed by atoms with Crippen LogP contribution in [0.25, 0.3) is 0 Å². The van der Waals surface area contributed by atoms with E-state index in [1.165, 1.54) is 6.07 Å². The summed E-state index contributed by atoms with van der Waals surface area (Å²) in [5, 5.41) is 2.90. The molecule has 0 fully saturated rings. The van der Waals surface area contributed by atoms with Crippen LogP contribution < -0.4 is 5.32 Å². The second-order valence-electron chi connectivity index (χ2n) is 5.07. The topological polar surface area (TPSA) is 29.1 Å². The Labute approximate surface area is 132 Å². The summed E-state index contributed by atoms with van der Waals surface area (Å²) in [5.74, 6) is -0.502. The van der Waals surface area contributed by atoms with E-state index in [1.54, 1.807) is 18.2 Å². The molecule has 0 saturated carbocycles. The molecule has 1 atom stereocenters. The van der Waals surface area contributed by atoms with Gasteiger partial charge in [0.1, 0.15) is 5.82 Å². The van der Waals surface area contributed by atoms with Crippen LogP contribution in [0, 0.1) is 5.82 Å². The number of hydrogen-bond acceptors (Lipinski definition) is 1. The number of amides is 1. The molecule has 0 spiro atoms. The van der Waals surface area contributed by atoms with Gasteiger partial charge in [0, 0.05) is 10.5 Å². The average molecular weight is 350 g/mol. The van der Waals surface area contributed by atoms with Gasteiger partial charge in [0.15, 0.2) is 0 Å². The van der Waals surface area contributed by atoms with Crippen LogP contribution in [0.4, 0.5) is 4.39 Å². The molecule has 0 aromatic heterocycles. The number of nitrogens with one attached hydrogen (secondary N) is 1. The van der Waals surface area contributed by atoms with E-state index < -0.39 is 0 Å². The van der Waals surface area contributed by atoms with Crippen LogP contribution in [0.2, 0.25) is 0 Å². The second-order valence-corrected chi connectivity index (χ2v) is 5.98. The van der Waals surface area contributed by atoms with Gasteiger partial charge in [-0.3, -0.25) is 4.79 Å². The molecular weight excluding hydrogens is 333 g/mol. The lowest BCUT2D eigenvalue weighted by Gasteiger charge is -2.14. The van der Waals surface area contributed by atoms with Crippen molar-refractivity contribution in [2.24, 2.45) is 0 Å². The Morgan fingerprint density at radius 3 is 2.52 bits per heavy atom. The molecule has 2 nitrogen and oxygen atoms in total. The fourth-order valence-corrected chi connectivity index (χ4v) is 2.43. The van der Waals surface area contributed by atoms with Gasteiger partial charge in [-0.05, 0) is 42.7 Å². The van der Waals surface area contributed by atoms with E-state index in [0.717, 1.165) is 16.5 Å². The molecular formula is C17H17BrFNO. The van der Waals surface area contributed by atoms with Crippen molar-refractivity contribution >= 4 is 21.8 Å².